The van der Waals surface area contributed by atoms with Crippen molar-refractivity contribution in [2.75, 3.05) is 39.8 Å². The van der Waals surface area contributed by atoms with Gasteiger partial charge in [0.05, 0.1) is 10.7 Å². The molecule has 0 aromatic carbocycles. The number of rotatable bonds is 8. The van der Waals surface area contributed by atoms with Gasteiger partial charge in [0.25, 0.3) is 0 Å². The highest BCUT2D eigenvalue weighted by Gasteiger charge is 2.10. The van der Waals surface area contributed by atoms with Gasteiger partial charge >= 0.3 is 0 Å². The monoisotopic (exact) mass is 451 g/mol. The topological polar surface area (TPSA) is 52.6 Å². The number of hydrogen-bond donors (Lipinski definition) is 2. The van der Waals surface area contributed by atoms with Crippen LogP contribution in [0, 0.1) is 6.92 Å². The third-order valence-electron chi connectivity index (χ3n) is 3.96. The molecule has 0 saturated carbocycles. The van der Waals surface area contributed by atoms with Gasteiger partial charge in [0.2, 0.25) is 0 Å². The molecule has 0 aliphatic carbocycles. The Labute approximate surface area is 161 Å². The van der Waals surface area contributed by atoms with Gasteiger partial charge in [0.15, 0.2) is 5.96 Å². The fraction of sp³-hybridized carbons (Fsp3) is 0.750. The summed E-state index contributed by atoms with van der Waals surface area (Å²) in [4.78, 5) is 11.3. The smallest absolute Gasteiger partial charge is 0.190 e. The van der Waals surface area contributed by atoms with Crippen LogP contribution in [0.2, 0.25) is 0 Å². The SMILES string of the molecule is CN=C(NCCCCN1CCCC1)NCCc1csc(C)n1.I. The molecule has 0 amide bonds. The Hall–Kier alpha value is -0.410. The van der Waals surface area contributed by atoms with E-state index in [1.54, 1.807) is 11.3 Å². The van der Waals surface area contributed by atoms with Crippen molar-refractivity contribution >= 4 is 41.3 Å². The molecular formula is C16H30IN5S. The average Bonchev–Trinajstić information content (AvgIpc) is 3.17. The fourth-order valence-corrected chi connectivity index (χ4v) is 3.37. The van der Waals surface area contributed by atoms with Crippen LogP contribution in [0.3, 0.4) is 0 Å². The van der Waals surface area contributed by atoms with E-state index in [1.165, 1.54) is 45.3 Å². The first kappa shape index (κ1) is 20.6. The Kier molecular flexibility index (Phi) is 10.8. The molecule has 0 bridgehead atoms. The van der Waals surface area contributed by atoms with Crippen molar-refractivity contribution in [3.63, 3.8) is 0 Å². The van der Waals surface area contributed by atoms with E-state index in [0.29, 0.717) is 0 Å². The molecule has 7 heteroatoms. The number of nitrogens with one attached hydrogen (secondary N) is 2. The van der Waals surface area contributed by atoms with Crippen LogP contribution >= 0.6 is 35.3 Å². The molecule has 1 aliphatic rings. The lowest BCUT2D eigenvalue weighted by Gasteiger charge is -2.15. The Morgan fingerprint density at radius 2 is 2.00 bits per heavy atom. The number of likely N-dealkylation sites (tertiary alicyclic amines) is 1. The van der Waals surface area contributed by atoms with Crippen LogP contribution in [0.4, 0.5) is 0 Å². The molecule has 5 nitrogen and oxygen atoms in total. The quantitative estimate of drug-likeness (QED) is 0.276. The predicted molar refractivity (Wildman–Crippen MR) is 110 cm³/mol. The molecule has 2 heterocycles. The zero-order valence-electron chi connectivity index (χ0n) is 14.3. The Morgan fingerprint density at radius 3 is 2.65 bits per heavy atom. The van der Waals surface area contributed by atoms with E-state index in [-0.39, 0.29) is 24.0 Å². The van der Waals surface area contributed by atoms with Gasteiger partial charge in [-0.2, -0.15) is 0 Å². The molecule has 1 fully saturated rings. The fourth-order valence-electron chi connectivity index (χ4n) is 2.73. The standard InChI is InChI=1S/C16H29N5S.HI/c1-14-20-15(13-22-14)7-9-19-16(17-2)18-8-3-4-10-21-11-5-6-12-21;/h13H,3-12H2,1-2H3,(H2,17,18,19);1H. The third-order valence-corrected chi connectivity index (χ3v) is 4.78. The molecule has 1 saturated heterocycles. The molecule has 1 aromatic heterocycles. The summed E-state index contributed by atoms with van der Waals surface area (Å²) in [6.45, 7) is 7.75. The number of nitrogens with zero attached hydrogens (tertiary/aromatic N) is 3. The summed E-state index contributed by atoms with van der Waals surface area (Å²) in [7, 11) is 1.83. The minimum atomic E-state index is 0. The van der Waals surface area contributed by atoms with Crippen molar-refractivity contribution in [2.45, 2.75) is 39.0 Å². The second-order valence-corrected chi connectivity index (χ2v) is 6.85. The van der Waals surface area contributed by atoms with E-state index in [4.69, 9.17) is 0 Å². The van der Waals surface area contributed by atoms with Gasteiger partial charge in [-0.15, -0.1) is 35.3 Å². The lowest BCUT2D eigenvalue weighted by atomic mass is 10.3. The first-order valence-corrected chi connectivity index (χ1v) is 9.24. The summed E-state index contributed by atoms with van der Waals surface area (Å²) < 4.78 is 0. The summed E-state index contributed by atoms with van der Waals surface area (Å²) in [6, 6.07) is 0. The second-order valence-electron chi connectivity index (χ2n) is 5.79. The largest absolute Gasteiger partial charge is 0.356 e. The number of aromatic nitrogens is 1. The molecule has 0 unspecified atom stereocenters. The predicted octanol–water partition coefficient (Wildman–Crippen LogP) is 2.65. The number of hydrogen-bond acceptors (Lipinski definition) is 4. The van der Waals surface area contributed by atoms with Gasteiger partial charge in [0.1, 0.15) is 0 Å². The number of thiazole rings is 1. The van der Waals surface area contributed by atoms with Crippen LogP contribution in [0.5, 0.6) is 0 Å². The van der Waals surface area contributed by atoms with Crippen molar-refractivity contribution < 1.29 is 0 Å². The van der Waals surface area contributed by atoms with E-state index in [9.17, 15) is 0 Å². The minimum Gasteiger partial charge on any atom is -0.356 e. The Bertz CT molecular complexity index is 457. The van der Waals surface area contributed by atoms with Crippen molar-refractivity contribution in [2.24, 2.45) is 4.99 Å². The molecule has 0 atom stereocenters. The van der Waals surface area contributed by atoms with Crippen molar-refractivity contribution in [3.8, 4) is 0 Å². The highest BCUT2D eigenvalue weighted by molar-refractivity contribution is 14.0. The van der Waals surface area contributed by atoms with Gasteiger partial charge < -0.3 is 15.5 Å². The van der Waals surface area contributed by atoms with Crippen molar-refractivity contribution in [1.82, 2.24) is 20.5 Å². The number of halogens is 1. The number of aryl methyl sites for hydroxylation is 1. The van der Waals surface area contributed by atoms with Crippen LogP contribution in [-0.4, -0.2) is 55.6 Å². The van der Waals surface area contributed by atoms with Crippen molar-refractivity contribution in [3.05, 3.63) is 16.1 Å². The molecule has 23 heavy (non-hydrogen) atoms. The van der Waals surface area contributed by atoms with Crippen LogP contribution in [-0.2, 0) is 6.42 Å². The normalized spacial score (nSPS) is 15.5. The molecule has 2 rings (SSSR count). The number of guanidine groups is 1. The molecule has 0 spiro atoms. The van der Waals surface area contributed by atoms with E-state index in [1.807, 2.05) is 14.0 Å². The molecule has 0 radical (unpaired) electrons. The minimum absolute atomic E-state index is 0. The van der Waals surface area contributed by atoms with E-state index >= 15 is 0 Å². The van der Waals surface area contributed by atoms with Crippen LogP contribution in [0.15, 0.2) is 10.4 Å². The maximum absolute atomic E-state index is 4.47. The van der Waals surface area contributed by atoms with E-state index in [0.717, 1.165) is 36.2 Å². The third kappa shape index (κ3) is 8.30. The highest BCUT2D eigenvalue weighted by Crippen LogP contribution is 2.08. The summed E-state index contributed by atoms with van der Waals surface area (Å²) in [5, 5.41) is 10.0. The summed E-state index contributed by atoms with van der Waals surface area (Å²) >= 11 is 1.71. The van der Waals surface area contributed by atoms with Gasteiger partial charge in [0, 0.05) is 31.9 Å². The van der Waals surface area contributed by atoms with Gasteiger partial charge in [-0.05, 0) is 52.2 Å². The summed E-state index contributed by atoms with van der Waals surface area (Å²) in [6.07, 6.45) is 6.17. The maximum Gasteiger partial charge on any atom is 0.190 e. The number of unbranched alkanes of at least 4 members (excludes halogenated alkanes) is 1. The Balaban J connectivity index is 0.00000264. The molecule has 132 valence electrons. The van der Waals surface area contributed by atoms with E-state index in [2.05, 4.69) is 30.9 Å². The van der Waals surface area contributed by atoms with Crippen LogP contribution in [0.1, 0.15) is 36.4 Å². The number of aliphatic imine (C=N–C) groups is 1. The zero-order valence-corrected chi connectivity index (χ0v) is 17.5. The lowest BCUT2D eigenvalue weighted by molar-refractivity contribution is 0.330. The van der Waals surface area contributed by atoms with Gasteiger partial charge in [-0.1, -0.05) is 0 Å². The molecule has 2 N–H and O–H groups in total. The van der Waals surface area contributed by atoms with Gasteiger partial charge in [-0.3, -0.25) is 4.99 Å². The van der Waals surface area contributed by atoms with Crippen LogP contribution in [0.25, 0.3) is 0 Å². The lowest BCUT2D eigenvalue weighted by Crippen LogP contribution is -2.38. The van der Waals surface area contributed by atoms with Gasteiger partial charge in [-0.25, -0.2) is 4.98 Å². The summed E-state index contributed by atoms with van der Waals surface area (Å²) in [5.41, 5.74) is 1.16. The molecule has 1 aromatic rings. The molecule has 1 aliphatic heterocycles. The average molecular weight is 451 g/mol. The van der Waals surface area contributed by atoms with E-state index < -0.39 is 0 Å². The van der Waals surface area contributed by atoms with Crippen molar-refractivity contribution in [1.29, 1.82) is 0 Å². The Morgan fingerprint density at radius 1 is 1.26 bits per heavy atom. The summed E-state index contributed by atoms with van der Waals surface area (Å²) in [5.74, 6) is 0.896. The first-order chi connectivity index (χ1) is 10.8. The highest BCUT2D eigenvalue weighted by atomic mass is 127. The molecular weight excluding hydrogens is 421 g/mol. The first-order valence-electron chi connectivity index (χ1n) is 8.36. The van der Waals surface area contributed by atoms with Crippen LogP contribution < -0.4 is 10.6 Å². The zero-order chi connectivity index (χ0) is 15.6. The maximum atomic E-state index is 4.47. The second kappa shape index (κ2) is 12.0.